The van der Waals surface area contributed by atoms with E-state index in [9.17, 15) is 0 Å². The maximum absolute atomic E-state index is 5.42. The number of thioether (sulfide) groups is 1. The Balaban J connectivity index is 2.61. The van der Waals surface area contributed by atoms with Gasteiger partial charge in [-0.3, -0.25) is 0 Å². The minimum atomic E-state index is 0.805. The molecule has 0 bridgehead atoms. The van der Waals surface area contributed by atoms with Crippen LogP contribution in [0, 0.1) is 13.8 Å². The minimum Gasteiger partial charge on any atom is -0.480 e. The molecule has 0 spiro atoms. The largest absolute Gasteiger partial charge is 0.480 e. The molecule has 54 valence electrons. The molecule has 0 saturated carbocycles. The van der Waals surface area contributed by atoms with Gasteiger partial charge in [0, 0.05) is 9.75 Å². The predicted molar refractivity (Wildman–Crippen MR) is 45.1 cm³/mol. The molecule has 1 nitrogen and oxygen atoms in total. The first-order chi connectivity index (χ1) is 4.79. The molecule has 0 unspecified atom stereocenters. The van der Waals surface area contributed by atoms with Gasteiger partial charge in [-0.1, -0.05) is 11.8 Å². The Morgan fingerprint density at radius 3 is 2.80 bits per heavy atom. The van der Waals surface area contributed by atoms with E-state index >= 15 is 0 Å². The number of thiophene rings is 1. The zero-order valence-electron chi connectivity index (χ0n) is 5.93. The number of fused-ring (bicyclic) bond motifs is 1. The van der Waals surface area contributed by atoms with Crippen molar-refractivity contribution in [2.45, 2.75) is 18.7 Å². The van der Waals surface area contributed by atoms with Crippen molar-refractivity contribution in [3.63, 3.8) is 0 Å². The van der Waals surface area contributed by atoms with Gasteiger partial charge in [0.15, 0.2) is 0 Å². The molecule has 3 heteroatoms. The van der Waals surface area contributed by atoms with Crippen molar-refractivity contribution in [1.82, 2.24) is 0 Å². The van der Waals surface area contributed by atoms with Crippen LogP contribution in [-0.4, -0.2) is 5.94 Å². The second kappa shape index (κ2) is 2.17. The van der Waals surface area contributed by atoms with Gasteiger partial charge in [-0.2, -0.15) is 0 Å². The highest BCUT2D eigenvalue weighted by Crippen LogP contribution is 2.45. The van der Waals surface area contributed by atoms with E-state index in [0.717, 1.165) is 11.7 Å². The van der Waals surface area contributed by atoms with Gasteiger partial charge in [0.2, 0.25) is 0 Å². The third-order valence-electron chi connectivity index (χ3n) is 1.56. The summed E-state index contributed by atoms with van der Waals surface area (Å²) in [7, 11) is 0. The highest BCUT2D eigenvalue weighted by atomic mass is 32.2. The molecular formula is C7H8OS2. The highest BCUT2D eigenvalue weighted by Gasteiger charge is 2.19. The monoisotopic (exact) mass is 172 g/mol. The van der Waals surface area contributed by atoms with E-state index in [1.54, 1.807) is 11.8 Å². The van der Waals surface area contributed by atoms with Gasteiger partial charge in [0.25, 0.3) is 0 Å². The van der Waals surface area contributed by atoms with Crippen molar-refractivity contribution < 1.29 is 4.74 Å². The van der Waals surface area contributed by atoms with Gasteiger partial charge < -0.3 is 4.74 Å². The first kappa shape index (κ1) is 6.55. The molecule has 0 aliphatic carbocycles. The summed E-state index contributed by atoms with van der Waals surface area (Å²) in [4.78, 5) is 4.08. The van der Waals surface area contributed by atoms with Crippen LogP contribution in [0.4, 0.5) is 0 Å². The van der Waals surface area contributed by atoms with E-state index in [1.807, 2.05) is 11.3 Å². The summed E-state index contributed by atoms with van der Waals surface area (Å²) in [5.41, 5.74) is 0. The Kier molecular flexibility index (Phi) is 1.42. The fourth-order valence-electron chi connectivity index (χ4n) is 1.12. The first-order valence-electron chi connectivity index (χ1n) is 3.14. The maximum Gasteiger partial charge on any atom is 0.148 e. The molecule has 2 heterocycles. The Morgan fingerprint density at radius 2 is 2.10 bits per heavy atom. The summed E-state index contributed by atoms with van der Waals surface area (Å²) in [5, 5.41) is 0. The van der Waals surface area contributed by atoms with Crippen LogP contribution in [0.1, 0.15) is 9.75 Å². The van der Waals surface area contributed by atoms with Crippen LogP contribution in [0.5, 0.6) is 5.75 Å². The Hall–Kier alpha value is -0.150. The number of ether oxygens (including phenoxy) is 1. The van der Waals surface area contributed by atoms with Crippen LogP contribution in [0.2, 0.25) is 0 Å². The molecule has 0 N–H and O–H groups in total. The molecule has 0 amide bonds. The average molecular weight is 172 g/mol. The predicted octanol–water partition coefficient (Wildman–Crippen LogP) is 2.81. The van der Waals surface area contributed by atoms with Crippen molar-refractivity contribution in [1.29, 1.82) is 0 Å². The topological polar surface area (TPSA) is 9.23 Å². The van der Waals surface area contributed by atoms with Crippen molar-refractivity contribution in [3.05, 3.63) is 9.75 Å². The molecule has 0 aromatic carbocycles. The normalized spacial score (nSPS) is 15.0. The van der Waals surface area contributed by atoms with Crippen LogP contribution in [0.3, 0.4) is 0 Å². The number of hydrogen-bond acceptors (Lipinski definition) is 3. The van der Waals surface area contributed by atoms with Crippen LogP contribution < -0.4 is 4.74 Å². The van der Waals surface area contributed by atoms with Gasteiger partial charge in [0.1, 0.15) is 11.7 Å². The smallest absolute Gasteiger partial charge is 0.148 e. The molecule has 0 fully saturated rings. The molecule has 0 radical (unpaired) electrons. The minimum absolute atomic E-state index is 0.805. The third-order valence-corrected chi connectivity index (χ3v) is 3.71. The highest BCUT2D eigenvalue weighted by molar-refractivity contribution is 7.99. The van der Waals surface area contributed by atoms with Crippen molar-refractivity contribution >= 4 is 23.1 Å². The van der Waals surface area contributed by atoms with Crippen molar-refractivity contribution in [2.24, 2.45) is 0 Å². The van der Waals surface area contributed by atoms with E-state index in [0.29, 0.717) is 0 Å². The number of rotatable bonds is 0. The average Bonchev–Trinajstić information content (AvgIpc) is 2.39. The molecule has 0 atom stereocenters. The maximum atomic E-state index is 5.42. The number of aryl methyl sites for hydroxylation is 2. The molecule has 0 saturated heterocycles. The van der Waals surface area contributed by atoms with E-state index in [1.165, 1.54) is 14.6 Å². The van der Waals surface area contributed by atoms with E-state index < -0.39 is 0 Å². The fourth-order valence-corrected chi connectivity index (χ4v) is 3.23. The van der Waals surface area contributed by atoms with Crippen LogP contribution in [0.15, 0.2) is 4.90 Å². The molecule has 1 aromatic heterocycles. The molecule has 1 aromatic rings. The lowest BCUT2D eigenvalue weighted by atomic mass is 10.4. The van der Waals surface area contributed by atoms with Gasteiger partial charge in [-0.25, -0.2) is 0 Å². The SMILES string of the molecule is Cc1sc(C)c2c1OCS2. The van der Waals surface area contributed by atoms with Crippen molar-refractivity contribution in [2.75, 3.05) is 5.94 Å². The Bertz CT molecular complexity index is 240. The second-order valence-corrected chi connectivity index (χ2v) is 4.64. The van der Waals surface area contributed by atoms with Crippen LogP contribution in [-0.2, 0) is 0 Å². The van der Waals surface area contributed by atoms with E-state index in [-0.39, 0.29) is 0 Å². The summed E-state index contributed by atoms with van der Waals surface area (Å²) in [6.07, 6.45) is 0. The van der Waals surface area contributed by atoms with Crippen LogP contribution >= 0.6 is 23.1 Å². The standard InChI is InChI=1S/C7H8OS2/c1-4-6-7(5(2)10-4)9-3-8-6/h3H2,1-2H3. The molecular weight excluding hydrogens is 164 g/mol. The Labute approximate surface area is 68.4 Å². The third kappa shape index (κ3) is 0.772. The van der Waals surface area contributed by atoms with Gasteiger partial charge in [-0.15, -0.1) is 11.3 Å². The van der Waals surface area contributed by atoms with Crippen molar-refractivity contribution in [3.8, 4) is 5.75 Å². The van der Waals surface area contributed by atoms with Gasteiger partial charge in [-0.05, 0) is 13.8 Å². The number of hydrogen-bond donors (Lipinski definition) is 0. The van der Waals surface area contributed by atoms with E-state index in [2.05, 4.69) is 13.8 Å². The van der Waals surface area contributed by atoms with Crippen LogP contribution in [0.25, 0.3) is 0 Å². The molecule has 1 aliphatic rings. The molecule has 10 heavy (non-hydrogen) atoms. The summed E-state index contributed by atoms with van der Waals surface area (Å²) in [6, 6.07) is 0. The molecule has 1 aliphatic heterocycles. The second-order valence-electron chi connectivity index (χ2n) is 2.28. The molecule has 2 rings (SSSR count). The lowest BCUT2D eigenvalue weighted by Crippen LogP contribution is -1.82. The lowest BCUT2D eigenvalue weighted by molar-refractivity contribution is 0.397. The lowest BCUT2D eigenvalue weighted by Gasteiger charge is -1.91. The zero-order chi connectivity index (χ0) is 7.14. The van der Waals surface area contributed by atoms with Gasteiger partial charge >= 0.3 is 0 Å². The Morgan fingerprint density at radius 1 is 1.30 bits per heavy atom. The quantitative estimate of drug-likeness (QED) is 0.595. The first-order valence-corrected chi connectivity index (χ1v) is 4.95. The summed E-state index contributed by atoms with van der Waals surface area (Å²) >= 11 is 3.63. The van der Waals surface area contributed by atoms with E-state index in [4.69, 9.17) is 4.74 Å². The summed E-state index contributed by atoms with van der Waals surface area (Å²) in [6.45, 7) is 4.26. The summed E-state index contributed by atoms with van der Waals surface area (Å²) in [5.74, 6) is 1.94. The fraction of sp³-hybridized carbons (Fsp3) is 0.429. The van der Waals surface area contributed by atoms with Gasteiger partial charge in [0.05, 0.1) is 4.90 Å². The summed E-state index contributed by atoms with van der Waals surface area (Å²) < 4.78 is 5.42. The zero-order valence-corrected chi connectivity index (χ0v) is 7.56.